The summed E-state index contributed by atoms with van der Waals surface area (Å²) in [5, 5.41) is 1.89. The molecule has 0 spiro atoms. The fraction of sp³-hybridized carbons (Fsp3) is 0.111. The molecule has 0 amide bonds. The van der Waals surface area contributed by atoms with Gasteiger partial charge < -0.3 is 4.57 Å². The zero-order chi connectivity index (χ0) is 9.97. The smallest absolute Gasteiger partial charge is 0.174 e. The van der Waals surface area contributed by atoms with E-state index < -0.39 is 0 Å². The van der Waals surface area contributed by atoms with Crippen LogP contribution in [0.4, 0.5) is 0 Å². The minimum Gasteiger partial charge on any atom is -0.329 e. The van der Waals surface area contributed by atoms with E-state index in [2.05, 4.69) is 25.9 Å². The quantitative estimate of drug-likeness (QED) is 0.840. The van der Waals surface area contributed by atoms with Gasteiger partial charge in [0.2, 0.25) is 0 Å². The van der Waals surface area contributed by atoms with Crippen molar-refractivity contribution in [3.8, 4) is 0 Å². The first-order chi connectivity index (χ1) is 6.75. The number of aryl methyl sites for hydroxylation is 1. The second-order valence-corrected chi connectivity index (χ2v) is 4.64. The minimum absolute atomic E-state index is 0.944. The molecule has 0 unspecified atom stereocenters. The van der Waals surface area contributed by atoms with Crippen LogP contribution in [0.2, 0.25) is 0 Å². The summed E-state index contributed by atoms with van der Waals surface area (Å²) in [6, 6.07) is 3.93. The van der Waals surface area contributed by atoms with Gasteiger partial charge in [0.05, 0.1) is 0 Å². The standard InChI is InChI=1S/C9H8BrN3S/c1-13-5-4-11-9(13)14-8-3-2-7(10)6-12-8/h2-6H,1H3. The molecule has 2 aromatic heterocycles. The molecule has 0 aliphatic carbocycles. The molecule has 2 aromatic rings. The van der Waals surface area contributed by atoms with Gasteiger partial charge in [-0.1, -0.05) is 0 Å². The van der Waals surface area contributed by atoms with E-state index in [9.17, 15) is 0 Å². The third-order valence-electron chi connectivity index (χ3n) is 1.67. The van der Waals surface area contributed by atoms with Crippen molar-refractivity contribution in [2.75, 3.05) is 0 Å². The molecule has 0 N–H and O–H groups in total. The van der Waals surface area contributed by atoms with Crippen LogP contribution in [0.15, 0.2) is 45.4 Å². The topological polar surface area (TPSA) is 30.7 Å². The molecule has 5 heteroatoms. The molecular formula is C9H8BrN3S. The first kappa shape index (κ1) is 9.73. The molecule has 0 aliphatic heterocycles. The predicted octanol–water partition coefficient (Wildman–Crippen LogP) is 2.73. The summed E-state index contributed by atoms with van der Waals surface area (Å²) >= 11 is 4.89. The van der Waals surface area contributed by atoms with Gasteiger partial charge in [-0.05, 0) is 39.8 Å². The summed E-state index contributed by atoms with van der Waals surface area (Å²) in [5.41, 5.74) is 0. The molecule has 0 saturated heterocycles. The van der Waals surface area contributed by atoms with Crippen LogP contribution < -0.4 is 0 Å². The fourth-order valence-corrected chi connectivity index (χ4v) is 1.95. The average Bonchev–Trinajstić information content (AvgIpc) is 2.56. The van der Waals surface area contributed by atoms with Crippen LogP contribution in [-0.4, -0.2) is 14.5 Å². The first-order valence-electron chi connectivity index (χ1n) is 4.02. The Bertz CT molecular complexity index is 424. The van der Waals surface area contributed by atoms with Crippen LogP contribution in [0.1, 0.15) is 0 Å². The van der Waals surface area contributed by atoms with Gasteiger partial charge in [-0.2, -0.15) is 0 Å². The van der Waals surface area contributed by atoms with Gasteiger partial charge in [0.15, 0.2) is 5.16 Å². The molecule has 2 rings (SSSR count). The zero-order valence-electron chi connectivity index (χ0n) is 7.51. The zero-order valence-corrected chi connectivity index (χ0v) is 9.92. The number of pyridine rings is 1. The molecule has 0 fully saturated rings. The van der Waals surface area contributed by atoms with Crippen LogP contribution >= 0.6 is 27.7 Å². The summed E-state index contributed by atoms with van der Waals surface area (Å²) in [7, 11) is 1.97. The number of hydrogen-bond acceptors (Lipinski definition) is 3. The summed E-state index contributed by atoms with van der Waals surface area (Å²) in [6.07, 6.45) is 5.48. The van der Waals surface area contributed by atoms with E-state index >= 15 is 0 Å². The Morgan fingerprint density at radius 2 is 2.21 bits per heavy atom. The number of imidazole rings is 1. The summed E-state index contributed by atoms with van der Waals surface area (Å²) in [5.74, 6) is 0. The SMILES string of the molecule is Cn1ccnc1Sc1ccc(Br)cn1. The van der Waals surface area contributed by atoms with E-state index in [4.69, 9.17) is 0 Å². The van der Waals surface area contributed by atoms with E-state index in [1.54, 1.807) is 24.2 Å². The highest BCUT2D eigenvalue weighted by Gasteiger charge is 2.02. The first-order valence-corrected chi connectivity index (χ1v) is 5.63. The van der Waals surface area contributed by atoms with Crippen molar-refractivity contribution in [2.24, 2.45) is 7.05 Å². The Balaban J connectivity index is 2.19. The summed E-state index contributed by atoms with van der Waals surface area (Å²) in [6.45, 7) is 0. The predicted molar refractivity (Wildman–Crippen MR) is 59.3 cm³/mol. The number of halogens is 1. The highest BCUT2D eigenvalue weighted by Crippen LogP contribution is 2.24. The van der Waals surface area contributed by atoms with Gasteiger partial charge in [-0.15, -0.1) is 0 Å². The lowest BCUT2D eigenvalue weighted by Gasteiger charge is -2.00. The lowest BCUT2D eigenvalue weighted by molar-refractivity contribution is 0.788. The van der Waals surface area contributed by atoms with E-state index in [-0.39, 0.29) is 0 Å². The Labute approximate surface area is 94.7 Å². The van der Waals surface area contributed by atoms with Gasteiger partial charge in [0.1, 0.15) is 5.03 Å². The Hall–Kier alpha value is -0.810. The van der Waals surface area contributed by atoms with Gasteiger partial charge >= 0.3 is 0 Å². The van der Waals surface area contributed by atoms with E-state index in [1.165, 1.54) is 0 Å². The van der Waals surface area contributed by atoms with Crippen molar-refractivity contribution in [3.63, 3.8) is 0 Å². The third kappa shape index (κ3) is 2.16. The second kappa shape index (κ2) is 4.14. The number of nitrogens with zero attached hydrogens (tertiary/aromatic N) is 3. The van der Waals surface area contributed by atoms with Crippen molar-refractivity contribution in [2.45, 2.75) is 10.2 Å². The van der Waals surface area contributed by atoms with Gasteiger partial charge in [-0.3, -0.25) is 0 Å². The molecule has 72 valence electrons. The van der Waals surface area contributed by atoms with Crippen LogP contribution in [0.25, 0.3) is 0 Å². The molecule has 0 aromatic carbocycles. The van der Waals surface area contributed by atoms with E-state index in [0.717, 1.165) is 14.7 Å². The average molecular weight is 270 g/mol. The number of hydrogen-bond donors (Lipinski definition) is 0. The number of rotatable bonds is 2. The van der Waals surface area contributed by atoms with Crippen LogP contribution in [0.5, 0.6) is 0 Å². The summed E-state index contributed by atoms with van der Waals surface area (Å²) in [4.78, 5) is 8.46. The maximum atomic E-state index is 4.26. The third-order valence-corrected chi connectivity index (χ3v) is 3.17. The summed E-state index contributed by atoms with van der Waals surface area (Å²) < 4.78 is 2.95. The van der Waals surface area contributed by atoms with Gasteiger partial charge in [0, 0.05) is 30.1 Å². The molecular weight excluding hydrogens is 262 g/mol. The van der Waals surface area contributed by atoms with E-state index in [0.29, 0.717) is 0 Å². The number of aromatic nitrogens is 3. The van der Waals surface area contributed by atoms with Crippen LogP contribution in [0, 0.1) is 0 Å². The molecule has 0 radical (unpaired) electrons. The molecule has 0 bridgehead atoms. The van der Waals surface area contributed by atoms with Gasteiger partial charge in [0.25, 0.3) is 0 Å². The van der Waals surface area contributed by atoms with Crippen LogP contribution in [-0.2, 0) is 7.05 Å². The highest BCUT2D eigenvalue weighted by atomic mass is 79.9. The lowest BCUT2D eigenvalue weighted by atomic mass is 10.5. The Morgan fingerprint density at radius 1 is 1.36 bits per heavy atom. The molecule has 3 nitrogen and oxygen atoms in total. The van der Waals surface area contributed by atoms with Gasteiger partial charge in [-0.25, -0.2) is 9.97 Å². The highest BCUT2D eigenvalue weighted by molar-refractivity contribution is 9.10. The minimum atomic E-state index is 0.944. The largest absolute Gasteiger partial charge is 0.329 e. The normalized spacial score (nSPS) is 10.4. The van der Waals surface area contributed by atoms with Crippen molar-refractivity contribution in [3.05, 3.63) is 35.2 Å². The van der Waals surface area contributed by atoms with Crippen molar-refractivity contribution >= 4 is 27.7 Å². The Kier molecular flexibility index (Phi) is 2.88. The van der Waals surface area contributed by atoms with Crippen molar-refractivity contribution in [1.82, 2.24) is 14.5 Å². The van der Waals surface area contributed by atoms with Crippen molar-refractivity contribution in [1.29, 1.82) is 0 Å². The monoisotopic (exact) mass is 269 g/mol. The lowest BCUT2D eigenvalue weighted by Crippen LogP contribution is -1.89. The molecule has 0 aliphatic rings. The molecule has 0 atom stereocenters. The van der Waals surface area contributed by atoms with Crippen molar-refractivity contribution < 1.29 is 0 Å². The molecule has 0 saturated carbocycles. The fourth-order valence-electron chi connectivity index (χ4n) is 0.966. The maximum absolute atomic E-state index is 4.26. The van der Waals surface area contributed by atoms with E-state index in [1.807, 2.05) is 29.9 Å². The molecule has 2 heterocycles. The maximum Gasteiger partial charge on any atom is 0.174 e. The molecule has 14 heavy (non-hydrogen) atoms. The van der Waals surface area contributed by atoms with Crippen LogP contribution in [0.3, 0.4) is 0 Å². The Morgan fingerprint density at radius 3 is 2.79 bits per heavy atom. The second-order valence-electron chi connectivity index (χ2n) is 2.74.